The molecule has 2 aliphatic rings. The van der Waals surface area contributed by atoms with Crippen LogP contribution >= 0.6 is 11.6 Å². The molecule has 2 heterocycles. The minimum Gasteiger partial charge on any atom is -0.506 e. The summed E-state index contributed by atoms with van der Waals surface area (Å²) >= 11 is 6.05. The fourth-order valence-electron chi connectivity index (χ4n) is 5.23. The van der Waals surface area contributed by atoms with Crippen molar-refractivity contribution in [3.63, 3.8) is 0 Å². The summed E-state index contributed by atoms with van der Waals surface area (Å²) in [6, 6.07) is 15.8. The molecule has 37 heavy (non-hydrogen) atoms. The van der Waals surface area contributed by atoms with Crippen LogP contribution in [0.2, 0.25) is 5.02 Å². The highest BCUT2D eigenvalue weighted by Gasteiger charge is 2.32. The highest BCUT2D eigenvalue weighted by molar-refractivity contribution is 6.32. The molecule has 2 aliphatic heterocycles. The summed E-state index contributed by atoms with van der Waals surface area (Å²) in [5.74, 6) is 0.570. The van der Waals surface area contributed by atoms with Crippen molar-refractivity contribution in [2.24, 2.45) is 5.92 Å². The predicted octanol–water partition coefficient (Wildman–Crippen LogP) is 7.06. The molecule has 5 rings (SSSR count). The summed E-state index contributed by atoms with van der Waals surface area (Å²) in [6.07, 6.45) is 0.657. The third-order valence-electron chi connectivity index (χ3n) is 7.38. The predicted molar refractivity (Wildman–Crippen MR) is 144 cm³/mol. The van der Waals surface area contributed by atoms with Gasteiger partial charge in [-0.3, -0.25) is 4.90 Å². The molecule has 0 spiro atoms. The van der Waals surface area contributed by atoms with Gasteiger partial charge in [-0.25, -0.2) is 4.39 Å². The normalized spacial score (nSPS) is 20.5. The van der Waals surface area contributed by atoms with Crippen molar-refractivity contribution in [3.8, 4) is 23.0 Å². The topological polar surface area (TPSA) is 62.2 Å². The fraction of sp³-hybridized carbons (Fsp3) is 0.333. The van der Waals surface area contributed by atoms with Gasteiger partial charge >= 0.3 is 0 Å². The van der Waals surface area contributed by atoms with Crippen molar-refractivity contribution in [2.75, 3.05) is 19.7 Å². The molecular weight excluding hydrogens is 493 g/mol. The van der Waals surface area contributed by atoms with Crippen LogP contribution in [0.5, 0.6) is 23.0 Å². The van der Waals surface area contributed by atoms with E-state index in [1.165, 1.54) is 12.5 Å². The molecule has 3 aromatic rings. The minimum absolute atomic E-state index is 0.0781. The molecule has 0 saturated carbocycles. The Bertz CT molecular complexity index is 1340. The first-order chi connectivity index (χ1) is 17.7. The molecule has 0 amide bonds. The van der Waals surface area contributed by atoms with Crippen molar-refractivity contribution >= 4 is 22.7 Å². The van der Waals surface area contributed by atoms with Crippen molar-refractivity contribution in [1.29, 1.82) is 0 Å². The highest BCUT2D eigenvalue weighted by atomic mass is 35.5. The number of hydrogen-bond acceptors (Lipinski definition) is 5. The molecule has 1 fully saturated rings. The van der Waals surface area contributed by atoms with Crippen LogP contribution in [0.4, 0.5) is 4.39 Å². The van der Waals surface area contributed by atoms with E-state index in [0.717, 1.165) is 30.3 Å². The minimum atomic E-state index is -0.741. The number of phenolic OH excluding ortho intramolecular Hbond substituents is 2. The lowest BCUT2D eigenvalue weighted by atomic mass is 9.86. The Morgan fingerprint density at radius 2 is 1.86 bits per heavy atom. The number of ether oxygens (including phenoxy) is 2. The Kier molecular flexibility index (Phi) is 7.06. The van der Waals surface area contributed by atoms with Crippen LogP contribution in [-0.4, -0.2) is 40.9 Å². The van der Waals surface area contributed by atoms with Gasteiger partial charge in [0.05, 0.1) is 10.6 Å². The maximum atomic E-state index is 15.0. The SMILES string of the molecule is CC1=C(c2ccc(Cl)c(O)c2)C(c2ccc(OCC(C)N3CCC(C)C3)cc2)Oc2ccc(O)c(F)c21. The molecule has 0 bridgehead atoms. The van der Waals surface area contributed by atoms with Gasteiger partial charge in [0, 0.05) is 18.2 Å². The number of phenols is 2. The summed E-state index contributed by atoms with van der Waals surface area (Å²) in [4.78, 5) is 2.46. The summed E-state index contributed by atoms with van der Waals surface area (Å²) in [6.45, 7) is 9.09. The third kappa shape index (κ3) is 5.00. The number of hydrogen-bond donors (Lipinski definition) is 2. The number of rotatable bonds is 6. The van der Waals surface area contributed by atoms with Crippen LogP contribution in [0.1, 0.15) is 50.0 Å². The van der Waals surface area contributed by atoms with E-state index in [4.69, 9.17) is 21.1 Å². The van der Waals surface area contributed by atoms with Gasteiger partial charge in [0.2, 0.25) is 0 Å². The summed E-state index contributed by atoms with van der Waals surface area (Å²) in [5, 5.41) is 20.5. The molecule has 0 aromatic heterocycles. The van der Waals surface area contributed by atoms with E-state index >= 15 is 0 Å². The number of benzene rings is 3. The van der Waals surface area contributed by atoms with Gasteiger partial charge in [0.25, 0.3) is 0 Å². The zero-order valence-electron chi connectivity index (χ0n) is 21.2. The molecule has 3 aromatic carbocycles. The van der Waals surface area contributed by atoms with Gasteiger partial charge in [0.1, 0.15) is 30.0 Å². The number of halogens is 2. The van der Waals surface area contributed by atoms with Gasteiger partial charge in [-0.15, -0.1) is 0 Å². The second-order valence-corrected chi connectivity index (χ2v) is 10.5. The van der Waals surface area contributed by atoms with Crippen LogP contribution in [0.25, 0.3) is 11.1 Å². The molecule has 194 valence electrons. The van der Waals surface area contributed by atoms with Crippen LogP contribution < -0.4 is 9.47 Å². The van der Waals surface area contributed by atoms with E-state index in [2.05, 4.69) is 18.7 Å². The highest BCUT2D eigenvalue weighted by Crippen LogP contribution is 2.49. The Labute approximate surface area is 221 Å². The summed E-state index contributed by atoms with van der Waals surface area (Å²) in [7, 11) is 0. The lowest BCUT2D eigenvalue weighted by Gasteiger charge is -2.31. The number of likely N-dealkylation sites (tertiary alicyclic amines) is 1. The molecule has 3 unspecified atom stereocenters. The molecule has 7 heteroatoms. The maximum absolute atomic E-state index is 15.0. The first-order valence-corrected chi connectivity index (χ1v) is 13.0. The van der Waals surface area contributed by atoms with Crippen LogP contribution in [0.3, 0.4) is 0 Å². The van der Waals surface area contributed by atoms with E-state index in [1.54, 1.807) is 31.2 Å². The molecule has 3 atom stereocenters. The van der Waals surface area contributed by atoms with Gasteiger partial charge in [-0.1, -0.05) is 36.7 Å². The lowest BCUT2D eigenvalue weighted by Crippen LogP contribution is -2.35. The average molecular weight is 524 g/mol. The Balaban J connectivity index is 1.45. The van der Waals surface area contributed by atoms with Crippen molar-refractivity contribution in [3.05, 3.63) is 82.1 Å². The molecular formula is C30H31ClFNO4. The Morgan fingerprint density at radius 3 is 2.54 bits per heavy atom. The van der Waals surface area contributed by atoms with Gasteiger partial charge in [0.15, 0.2) is 11.6 Å². The number of aromatic hydroxyl groups is 2. The smallest absolute Gasteiger partial charge is 0.176 e. The summed E-state index contributed by atoms with van der Waals surface area (Å²) in [5.41, 5.74) is 2.97. The second-order valence-electron chi connectivity index (χ2n) is 10.1. The fourth-order valence-corrected chi connectivity index (χ4v) is 5.34. The largest absolute Gasteiger partial charge is 0.506 e. The van der Waals surface area contributed by atoms with E-state index in [1.807, 2.05) is 24.3 Å². The first-order valence-electron chi connectivity index (χ1n) is 12.6. The summed E-state index contributed by atoms with van der Waals surface area (Å²) < 4.78 is 27.4. The van der Waals surface area contributed by atoms with Crippen LogP contribution in [0.15, 0.2) is 54.6 Å². The monoisotopic (exact) mass is 523 g/mol. The number of nitrogens with zero attached hydrogens (tertiary/aromatic N) is 1. The van der Waals surface area contributed by atoms with Crippen molar-refractivity contribution in [1.82, 2.24) is 4.90 Å². The molecule has 0 radical (unpaired) electrons. The molecule has 5 nitrogen and oxygen atoms in total. The molecule has 1 saturated heterocycles. The quantitative estimate of drug-likeness (QED) is 0.362. The lowest BCUT2D eigenvalue weighted by molar-refractivity contribution is 0.169. The van der Waals surface area contributed by atoms with Gasteiger partial charge in [-0.2, -0.15) is 0 Å². The van der Waals surface area contributed by atoms with E-state index < -0.39 is 17.7 Å². The van der Waals surface area contributed by atoms with Crippen molar-refractivity contribution < 1.29 is 24.1 Å². The standard InChI is InChI=1S/C30H31ClFNO4/c1-17-12-13-33(15-17)18(2)16-36-22-7-4-20(5-8-22)30-27(21-6-9-23(31)25(35)14-21)19(3)28-26(37-30)11-10-24(34)29(28)32/h4-11,14,17-18,30,34-35H,12-13,15-16H2,1-3H3. The van der Waals surface area contributed by atoms with Crippen LogP contribution in [0, 0.1) is 11.7 Å². The third-order valence-corrected chi connectivity index (χ3v) is 7.70. The van der Waals surface area contributed by atoms with Gasteiger partial charge < -0.3 is 19.7 Å². The van der Waals surface area contributed by atoms with Crippen LogP contribution in [-0.2, 0) is 0 Å². The molecule has 0 aliphatic carbocycles. The zero-order valence-corrected chi connectivity index (χ0v) is 21.9. The maximum Gasteiger partial charge on any atom is 0.176 e. The van der Waals surface area contributed by atoms with E-state index in [0.29, 0.717) is 35.1 Å². The van der Waals surface area contributed by atoms with Crippen molar-refractivity contribution in [2.45, 2.75) is 39.3 Å². The Hall–Kier alpha value is -3.22. The van der Waals surface area contributed by atoms with Gasteiger partial charge in [-0.05, 0) is 85.8 Å². The molecule has 2 N–H and O–H groups in total. The van der Waals surface area contributed by atoms with E-state index in [9.17, 15) is 14.6 Å². The average Bonchev–Trinajstić information content (AvgIpc) is 3.33. The first kappa shape index (κ1) is 25.4. The zero-order chi connectivity index (χ0) is 26.3. The second kappa shape index (κ2) is 10.3. The number of allylic oxidation sites excluding steroid dienone is 1. The Morgan fingerprint density at radius 1 is 1.11 bits per heavy atom. The van der Waals surface area contributed by atoms with E-state index in [-0.39, 0.29) is 16.3 Å². The number of fused-ring (bicyclic) bond motifs is 1.